The lowest BCUT2D eigenvalue weighted by Crippen LogP contribution is -2.27. The monoisotopic (exact) mass is 433 g/mol. The van der Waals surface area contributed by atoms with Crippen LogP contribution in [-0.4, -0.2) is 39.4 Å². The summed E-state index contributed by atoms with van der Waals surface area (Å²) in [7, 11) is -7.60. The van der Waals surface area contributed by atoms with Crippen LogP contribution in [0.5, 0.6) is 0 Å². The van der Waals surface area contributed by atoms with Gasteiger partial charge in [0, 0.05) is 18.5 Å². The Kier molecular flexibility index (Phi) is 5.92. The van der Waals surface area contributed by atoms with E-state index in [9.17, 15) is 16.8 Å². The lowest BCUT2D eigenvalue weighted by molar-refractivity contribution is 0.574. The second-order valence-corrected chi connectivity index (χ2v) is 10.6. The van der Waals surface area contributed by atoms with Crippen LogP contribution in [0.25, 0.3) is 5.69 Å². The van der Waals surface area contributed by atoms with E-state index in [1.54, 1.807) is 0 Å². The molecule has 0 bridgehead atoms. The van der Waals surface area contributed by atoms with Crippen molar-refractivity contribution in [1.29, 1.82) is 0 Å². The van der Waals surface area contributed by atoms with E-state index in [-0.39, 0.29) is 16.3 Å². The van der Waals surface area contributed by atoms with Crippen LogP contribution >= 0.6 is 0 Å². The lowest BCUT2D eigenvalue weighted by atomic mass is 10.1. The first-order valence-corrected chi connectivity index (χ1v) is 12.4. The molecule has 0 spiro atoms. The molecule has 0 fully saturated rings. The van der Waals surface area contributed by atoms with Gasteiger partial charge in [0.1, 0.15) is 4.90 Å². The Morgan fingerprint density at radius 1 is 0.931 bits per heavy atom. The van der Waals surface area contributed by atoms with Gasteiger partial charge in [-0.2, -0.15) is 5.10 Å². The fraction of sp³-hybridized carbons (Fsp3) is 0.250. The molecule has 0 saturated heterocycles. The Balaban J connectivity index is 1.69. The highest BCUT2D eigenvalue weighted by atomic mass is 32.2. The molecule has 2 aromatic carbocycles. The van der Waals surface area contributed by atoms with Gasteiger partial charge in [-0.3, -0.25) is 0 Å². The number of aromatic nitrogens is 2. The SMILES string of the molecule is Cc1cc(C)n(-c2ccc(CCNS(=O)(=O)c3ccccc3S(C)(=O)=O)cc2)n1. The first-order chi connectivity index (χ1) is 13.6. The molecule has 0 saturated carbocycles. The number of hydrogen-bond acceptors (Lipinski definition) is 5. The Labute approximate surface area is 171 Å². The van der Waals surface area contributed by atoms with Gasteiger partial charge in [0.05, 0.1) is 16.3 Å². The van der Waals surface area contributed by atoms with E-state index in [0.29, 0.717) is 6.42 Å². The predicted molar refractivity (Wildman–Crippen MR) is 111 cm³/mol. The quantitative estimate of drug-likeness (QED) is 0.617. The van der Waals surface area contributed by atoms with Crippen LogP contribution in [0, 0.1) is 13.8 Å². The standard InChI is InChI=1S/C20H23N3O4S2/c1-15-14-16(2)23(22-15)18-10-8-17(9-11-18)12-13-21-29(26,27)20-7-5-4-6-19(20)28(3,24)25/h4-11,14,21H,12-13H2,1-3H3. The molecule has 0 aliphatic heterocycles. The second kappa shape index (κ2) is 8.10. The highest BCUT2D eigenvalue weighted by Gasteiger charge is 2.22. The van der Waals surface area contributed by atoms with Gasteiger partial charge >= 0.3 is 0 Å². The van der Waals surface area contributed by atoms with E-state index in [4.69, 9.17) is 0 Å². The molecule has 29 heavy (non-hydrogen) atoms. The molecule has 0 aliphatic carbocycles. The van der Waals surface area contributed by atoms with E-state index in [1.807, 2.05) is 48.9 Å². The number of rotatable bonds is 7. The third-order valence-corrected chi connectivity index (χ3v) is 7.24. The number of nitrogens with one attached hydrogen (secondary N) is 1. The third-order valence-electron chi connectivity index (χ3n) is 4.43. The first-order valence-electron chi connectivity index (χ1n) is 8.99. The van der Waals surface area contributed by atoms with Gasteiger partial charge in [0.2, 0.25) is 10.0 Å². The second-order valence-electron chi connectivity index (χ2n) is 6.87. The fourth-order valence-corrected chi connectivity index (χ4v) is 5.74. The summed E-state index contributed by atoms with van der Waals surface area (Å²) in [4.78, 5) is -0.441. The molecule has 1 N–H and O–H groups in total. The van der Waals surface area contributed by atoms with E-state index in [2.05, 4.69) is 9.82 Å². The molecule has 1 aromatic heterocycles. The normalized spacial score (nSPS) is 12.2. The Hall–Kier alpha value is -2.49. The molecule has 0 amide bonds. The van der Waals surface area contributed by atoms with Crippen LogP contribution in [-0.2, 0) is 26.3 Å². The number of hydrogen-bond donors (Lipinski definition) is 1. The molecule has 0 radical (unpaired) electrons. The van der Waals surface area contributed by atoms with E-state index < -0.39 is 19.9 Å². The maximum Gasteiger partial charge on any atom is 0.241 e. The zero-order valence-electron chi connectivity index (χ0n) is 16.5. The molecular weight excluding hydrogens is 410 g/mol. The summed E-state index contributed by atoms with van der Waals surface area (Å²) in [6.45, 7) is 4.07. The summed E-state index contributed by atoms with van der Waals surface area (Å²) in [6.07, 6.45) is 1.46. The van der Waals surface area contributed by atoms with Crippen LogP contribution in [0.4, 0.5) is 0 Å². The molecule has 3 rings (SSSR count). The van der Waals surface area contributed by atoms with Gasteiger partial charge in [-0.05, 0) is 56.2 Å². The lowest BCUT2D eigenvalue weighted by Gasteiger charge is -2.11. The third kappa shape index (κ3) is 4.92. The van der Waals surface area contributed by atoms with Crippen molar-refractivity contribution in [2.24, 2.45) is 0 Å². The summed E-state index contributed by atoms with van der Waals surface area (Å²) in [6, 6.07) is 15.3. The number of nitrogens with zero attached hydrogens (tertiary/aromatic N) is 2. The van der Waals surface area contributed by atoms with Crippen molar-refractivity contribution < 1.29 is 16.8 Å². The van der Waals surface area contributed by atoms with Gasteiger partial charge in [-0.15, -0.1) is 0 Å². The van der Waals surface area contributed by atoms with Crippen molar-refractivity contribution >= 4 is 19.9 Å². The highest BCUT2D eigenvalue weighted by molar-refractivity contribution is 7.93. The topological polar surface area (TPSA) is 98.1 Å². The zero-order valence-corrected chi connectivity index (χ0v) is 18.1. The van der Waals surface area contributed by atoms with Crippen LogP contribution in [0.15, 0.2) is 64.4 Å². The molecule has 0 atom stereocenters. The van der Waals surface area contributed by atoms with Crippen molar-refractivity contribution in [1.82, 2.24) is 14.5 Å². The van der Waals surface area contributed by atoms with Crippen molar-refractivity contribution in [2.75, 3.05) is 12.8 Å². The van der Waals surface area contributed by atoms with E-state index in [0.717, 1.165) is 28.9 Å². The average molecular weight is 434 g/mol. The Morgan fingerprint density at radius 3 is 2.10 bits per heavy atom. The molecule has 1 heterocycles. The minimum atomic E-state index is -3.94. The first kappa shape index (κ1) is 21.2. The maximum absolute atomic E-state index is 12.6. The van der Waals surface area contributed by atoms with Crippen LogP contribution in [0.1, 0.15) is 17.0 Å². The summed E-state index contributed by atoms with van der Waals surface area (Å²) >= 11 is 0. The molecular formula is C20H23N3O4S2. The predicted octanol–water partition coefficient (Wildman–Crippen LogP) is 2.41. The summed E-state index contributed by atoms with van der Waals surface area (Å²) in [5, 5.41) is 4.44. The minimum Gasteiger partial charge on any atom is -0.238 e. The van der Waals surface area contributed by atoms with Crippen LogP contribution < -0.4 is 4.72 Å². The number of benzene rings is 2. The van der Waals surface area contributed by atoms with Crippen molar-refractivity contribution in [2.45, 2.75) is 30.1 Å². The molecule has 0 aliphatic rings. The minimum absolute atomic E-state index is 0.152. The fourth-order valence-electron chi connectivity index (χ4n) is 3.08. The Bertz CT molecular complexity index is 1230. The van der Waals surface area contributed by atoms with Gasteiger partial charge in [0.25, 0.3) is 0 Å². The zero-order chi connectivity index (χ0) is 21.2. The number of sulfonamides is 1. The maximum atomic E-state index is 12.6. The summed E-state index contributed by atoms with van der Waals surface area (Å²) < 4.78 is 53.2. The summed E-state index contributed by atoms with van der Waals surface area (Å²) in [5.41, 5.74) is 3.86. The molecule has 0 unspecified atom stereocenters. The van der Waals surface area contributed by atoms with Crippen molar-refractivity contribution in [3.63, 3.8) is 0 Å². The van der Waals surface area contributed by atoms with Crippen molar-refractivity contribution in [3.05, 3.63) is 71.5 Å². The van der Waals surface area contributed by atoms with E-state index in [1.165, 1.54) is 24.3 Å². The Morgan fingerprint density at radius 2 is 1.55 bits per heavy atom. The molecule has 9 heteroatoms. The van der Waals surface area contributed by atoms with Gasteiger partial charge in [-0.25, -0.2) is 26.2 Å². The average Bonchev–Trinajstić information content (AvgIpc) is 3.00. The largest absolute Gasteiger partial charge is 0.241 e. The van der Waals surface area contributed by atoms with Gasteiger partial charge < -0.3 is 0 Å². The highest BCUT2D eigenvalue weighted by Crippen LogP contribution is 2.20. The van der Waals surface area contributed by atoms with Crippen LogP contribution in [0.2, 0.25) is 0 Å². The van der Waals surface area contributed by atoms with Gasteiger partial charge in [0.15, 0.2) is 9.84 Å². The molecule has 7 nitrogen and oxygen atoms in total. The molecule has 154 valence electrons. The van der Waals surface area contributed by atoms with Crippen LogP contribution in [0.3, 0.4) is 0 Å². The molecule has 3 aromatic rings. The summed E-state index contributed by atoms with van der Waals surface area (Å²) in [5.74, 6) is 0. The van der Waals surface area contributed by atoms with E-state index >= 15 is 0 Å². The van der Waals surface area contributed by atoms with Gasteiger partial charge in [-0.1, -0.05) is 24.3 Å². The number of aryl methyl sites for hydroxylation is 2. The smallest absolute Gasteiger partial charge is 0.238 e. The van der Waals surface area contributed by atoms with Crippen molar-refractivity contribution in [3.8, 4) is 5.69 Å². The number of sulfone groups is 1.